The highest BCUT2D eigenvalue weighted by atomic mass is 35.5. The largest absolute Gasteiger partial charge is 0.478 e. The zero-order chi connectivity index (χ0) is 17.4. The number of rotatable bonds is 4. The van der Waals surface area contributed by atoms with Gasteiger partial charge in [0.2, 0.25) is 0 Å². The van der Waals surface area contributed by atoms with E-state index in [9.17, 15) is 4.79 Å². The summed E-state index contributed by atoms with van der Waals surface area (Å²) in [4.78, 5) is 16.6. The molecule has 0 unspecified atom stereocenters. The highest BCUT2D eigenvalue weighted by Gasteiger charge is 2.20. The van der Waals surface area contributed by atoms with Gasteiger partial charge in [0.15, 0.2) is 0 Å². The van der Waals surface area contributed by atoms with E-state index in [2.05, 4.69) is 40.2 Å². The quantitative estimate of drug-likeness (QED) is 0.730. The van der Waals surface area contributed by atoms with E-state index >= 15 is 0 Å². The maximum atomic E-state index is 11.0. The lowest BCUT2D eigenvalue weighted by molar-refractivity contribution is 0.0697. The standard InChI is InChI=1S/C20H17ClN2O2/c21-18-9-17(20(24)25)4-3-16(18)7-14-11-23(12-14)10-13-1-2-15-5-6-22-19(15)8-13/h1-9,22H,10-12H2,(H,24,25). The molecule has 5 heteroatoms. The molecule has 2 aromatic carbocycles. The minimum absolute atomic E-state index is 0.210. The highest BCUT2D eigenvalue weighted by molar-refractivity contribution is 6.32. The molecule has 0 saturated carbocycles. The molecule has 1 aliphatic rings. The minimum Gasteiger partial charge on any atom is -0.478 e. The fraction of sp³-hybridized carbons (Fsp3) is 0.150. The van der Waals surface area contributed by atoms with Crippen molar-refractivity contribution in [2.75, 3.05) is 13.1 Å². The maximum absolute atomic E-state index is 11.0. The molecule has 0 bridgehead atoms. The van der Waals surface area contributed by atoms with Gasteiger partial charge in [-0.15, -0.1) is 0 Å². The summed E-state index contributed by atoms with van der Waals surface area (Å²) < 4.78 is 0. The molecule has 126 valence electrons. The molecule has 3 aromatic rings. The number of H-pyrrole nitrogens is 1. The van der Waals surface area contributed by atoms with Gasteiger partial charge in [0.1, 0.15) is 0 Å². The Balaban J connectivity index is 1.41. The van der Waals surface area contributed by atoms with Crippen molar-refractivity contribution in [3.05, 3.63) is 75.9 Å². The number of halogens is 1. The predicted molar refractivity (Wildman–Crippen MR) is 100.0 cm³/mol. The average Bonchev–Trinajstić information content (AvgIpc) is 3.01. The minimum atomic E-state index is -0.963. The molecule has 25 heavy (non-hydrogen) atoms. The van der Waals surface area contributed by atoms with E-state index in [1.54, 1.807) is 12.1 Å². The fourth-order valence-electron chi connectivity index (χ4n) is 3.18. The zero-order valence-corrected chi connectivity index (χ0v) is 14.3. The average molecular weight is 353 g/mol. The Morgan fingerprint density at radius 1 is 1.20 bits per heavy atom. The van der Waals surface area contributed by atoms with Crippen LogP contribution in [0.15, 0.2) is 54.2 Å². The van der Waals surface area contributed by atoms with E-state index < -0.39 is 5.97 Å². The zero-order valence-electron chi connectivity index (χ0n) is 13.5. The van der Waals surface area contributed by atoms with Crippen molar-refractivity contribution in [1.82, 2.24) is 9.88 Å². The van der Waals surface area contributed by atoms with Gasteiger partial charge in [0.05, 0.1) is 5.56 Å². The summed E-state index contributed by atoms with van der Waals surface area (Å²) in [7, 11) is 0. The third-order valence-corrected chi connectivity index (χ3v) is 4.81. The first-order valence-corrected chi connectivity index (χ1v) is 8.47. The normalized spacial score (nSPS) is 14.5. The van der Waals surface area contributed by atoms with Gasteiger partial charge in [-0.1, -0.05) is 35.9 Å². The molecule has 1 aromatic heterocycles. The maximum Gasteiger partial charge on any atom is 0.335 e. The van der Waals surface area contributed by atoms with Crippen LogP contribution in [0.5, 0.6) is 0 Å². The Morgan fingerprint density at radius 3 is 2.80 bits per heavy atom. The number of aromatic nitrogens is 1. The monoisotopic (exact) mass is 352 g/mol. The summed E-state index contributed by atoms with van der Waals surface area (Å²) in [6.45, 7) is 2.72. The topological polar surface area (TPSA) is 56.3 Å². The Kier molecular flexibility index (Phi) is 4.07. The lowest BCUT2D eigenvalue weighted by atomic mass is 10.0. The van der Waals surface area contributed by atoms with Crippen LogP contribution in [0.2, 0.25) is 5.02 Å². The van der Waals surface area contributed by atoms with E-state index in [0.29, 0.717) is 5.02 Å². The van der Waals surface area contributed by atoms with Gasteiger partial charge in [0, 0.05) is 36.4 Å². The Morgan fingerprint density at radius 2 is 2.04 bits per heavy atom. The lowest BCUT2D eigenvalue weighted by Gasteiger charge is -2.34. The summed E-state index contributed by atoms with van der Waals surface area (Å²) >= 11 is 6.18. The number of nitrogens with one attached hydrogen (secondary N) is 1. The summed E-state index contributed by atoms with van der Waals surface area (Å²) in [6, 6.07) is 13.4. The SMILES string of the molecule is O=C(O)c1ccc(C=C2CN(Cc3ccc4cc[nH]c4c3)C2)c(Cl)c1. The van der Waals surface area contributed by atoms with Crippen LogP contribution < -0.4 is 0 Å². The summed E-state index contributed by atoms with van der Waals surface area (Å²) in [5, 5.41) is 10.7. The van der Waals surface area contributed by atoms with E-state index in [0.717, 1.165) is 25.2 Å². The molecule has 4 nitrogen and oxygen atoms in total. The van der Waals surface area contributed by atoms with Gasteiger partial charge in [-0.3, -0.25) is 4.90 Å². The first-order valence-electron chi connectivity index (χ1n) is 8.09. The molecule has 0 amide bonds. The van der Waals surface area contributed by atoms with Crippen molar-refractivity contribution in [2.45, 2.75) is 6.54 Å². The number of carbonyl (C=O) groups is 1. The number of likely N-dealkylation sites (tertiary alicyclic amines) is 1. The number of carboxylic acids is 1. The molecule has 1 fully saturated rings. The van der Waals surface area contributed by atoms with Crippen molar-refractivity contribution < 1.29 is 9.90 Å². The van der Waals surface area contributed by atoms with Crippen molar-refractivity contribution in [1.29, 1.82) is 0 Å². The first-order chi connectivity index (χ1) is 12.1. The van der Waals surface area contributed by atoms with Crippen LogP contribution in [0, 0.1) is 0 Å². The number of benzene rings is 2. The fourth-order valence-corrected chi connectivity index (χ4v) is 3.41. The molecule has 0 spiro atoms. The molecule has 0 aliphatic carbocycles. The number of aromatic carboxylic acids is 1. The van der Waals surface area contributed by atoms with E-state index in [-0.39, 0.29) is 5.56 Å². The molecular formula is C20H17ClN2O2. The second-order valence-electron chi connectivity index (χ2n) is 6.39. The van der Waals surface area contributed by atoms with Crippen LogP contribution in [-0.2, 0) is 6.54 Å². The van der Waals surface area contributed by atoms with Crippen LogP contribution in [-0.4, -0.2) is 34.0 Å². The highest BCUT2D eigenvalue weighted by Crippen LogP contribution is 2.26. The Labute approximate surface area is 150 Å². The van der Waals surface area contributed by atoms with Crippen molar-refractivity contribution in [3.63, 3.8) is 0 Å². The van der Waals surface area contributed by atoms with Crippen LogP contribution in [0.4, 0.5) is 0 Å². The van der Waals surface area contributed by atoms with Gasteiger partial charge in [-0.05, 0) is 46.4 Å². The number of aromatic amines is 1. The third kappa shape index (κ3) is 3.31. The first kappa shape index (κ1) is 15.9. The predicted octanol–water partition coefficient (Wildman–Crippen LogP) is 4.42. The lowest BCUT2D eigenvalue weighted by Crippen LogP contribution is -2.39. The molecule has 2 heterocycles. The second-order valence-corrected chi connectivity index (χ2v) is 6.80. The summed E-state index contributed by atoms with van der Waals surface area (Å²) in [5.74, 6) is -0.963. The molecule has 4 rings (SSSR count). The molecule has 0 radical (unpaired) electrons. The van der Waals surface area contributed by atoms with Crippen LogP contribution >= 0.6 is 11.6 Å². The third-order valence-electron chi connectivity index (χ3n) is 4.49. The summed E-state index contributed by atoms with van der Waals surface area (Å²) in [5.41, 5.74) is 4.83. The molecular weight excluding hydrogens is 336 g/mol. The Bertz CT molecular complexity index is 982. The van der Waals surface area contributed by atoms with Crippen molar-refractivity contribution >= 4 is 34.5 Å². The molecule has 1 aliphatic heterocycles. The van der Waals surface area contributed by atoms with E-state index in [4.69, 9.17) is 16.7 Å². The number of hydrogen-bond acceptors (Lipinski definition) is 2. The Hall–Kier alpha value is -2.56. The van der Waals surface area contributed by atoms with Crippen LogP contribution in [0.3, 0.4) is 0 Å². The van der Waals surface area contributed by atoms with E-state index in [1.807, 2.05) is 6.20 Å². The number of nitrogens with zero attached hydrogens (tertiary/aromatic N) is 1. The van der Waals surface area contributed by atoms with Gasteiger partial charge >= 0.3 is 5.97 Å². The number of fused-ring (bicyclic) bond motifs is 1. The van der Waals surface area contributed by atoms with Gasteiger partial charge in [0.25, 0.3) is 0 Å². The van der Waals surface area contributed by atoms with Crippen molar-refractivity contribution in [2.24, 2.45) is 0 Å². The molecule has 0 atom stereocenters. The van der Waals surface area contributed by atoms with Crippen molar-refractivity contribution in [3.8, 4) is 0 Å². The summed E-state index contributed by atoms with van der Waals surface area (Å²) in [6.07, 6.45) is 4.01. The van der Waals surface area contributed by atoms with Crippen LogP contribution in [0.1, 0.15) is 21.5 Å². The molecule has 1 saturated heterocycles. The smallest absolute Gasteiger partial charge is 0.335 e. The van der Waals surface area contributed by atoms with Gasteiger partial charge in [-0.2, -0.15) is 0 Å². The number of carboxylic acid groups (broad SMARTS) is 1. The molecule has 2 N–H and O–H groups in total. The van der Waals surface area contributed by atoms with Gasteiger partial charge < -0.3 is 10.1 Å². The number of hydrogen-bond donors (Lipinski definition) is 2. The van der Waals surface area contributed by atoms with Crippen LogP contribution in [0.25, 0.3) is 17.0 Å². The second kappa shape index (κ2) is 6.39. The van der Waals surface area contributed by atoms with E-state index in [1.165, 1.54) is 28.1 Å². The van der Waals surface area contributed by atoms with Gasteiger partial charge in [-0.25, -0.2) is 4.79 Å².